The van der Waals surface area contributed by atoms with Gasteiger partial charge in [0.15, 0.2) is 0 Å². The summed E-state index contributed by atoms with van der Waals surface area (Å²) in [6.07, 6.45) is 0. The van der Waals surface area contributed by atoms with Crippen LogP contribution in [0, 0.1) is 5.82 Å². The minimum Gasteiger partial charge on any atom is -0.487 e. The third-order valence-electron chi connectivity index (χ3n) is 3.70. The minimum atomic E-state index is -0.390. The lowest BCUT2D eigenvalue weighted by Gasteiger charge is -2.05. The van der Waals surface area contributed by atoms with Crippen molar-refractivity contribution in [1.29, 1.82) is 0 Å². The molecule has 0 aliphatic carbocycles. The monoisotopic (exact) mass is 282 g/mol. The topological polar surface area (TPSA) is 64.3 Å². The second kappa shape index (κ2) is 4.09. The lowest BCUT2D eigenvalue weighted by molar-refractivity contribution is -0.110. The quantitative estimate of drug-likeness (QED) is 0.577. The van der Waals surface area contributed by atoms with Crippen molar-refractivity contribution in [2.75, 3.05) is 11.1 Å². The Labute approximate surface area is 120 Å². The van der Waals surface area contributed by atoms with Gasteiger partial charge in [-0.15, -0.1) is 0 Å². The van der Waals surface area contributed by atoms with E-state index in [9.17, 15) is 9.18 Å². The molecular formula is C16H11FN2O2. The van der Waals surface area contributed by atoms with Gasteiger partial charge in [-0.1, -0.05) is 0 Å². The van der Waals surface area contributed by atoms with Crippen molar-refractivity contribution in [3.63, 3.8) is 0 Å². The van der Waals surface area contributed by atoms with Crippen LogP contribution in [0.15, 0.2) is 36.4 Å². The Morgan fingerprint density at radius 1 is 1.14 bits per heavy atom. The lowest BCUT2D eigenvalue weighted by atomic mass is 10.0. The Morgan fingerprint density at radius 2 is 2.00 bits per heavy atom. The van der Waals surface area contributed by atoms with Crippen molar-refractivity contribution < 1.29 is 13.9 Å². The molecule has 4 rings (SSSR count). The van der Waals surface area contributed by atoms with Crippen molar-refractivity contribution in [1.82, 2.24) is 0 Å². The number of amides is 1. The van der Waals surface area contributed by atoms with E-state index in [4.69, 9.17) is 10.5 Å². The van der Waals surface area contributed by atoms with Crippen molar-refractivity contribution in [3.05, 3.63) is 58.9 Å². The van der Waals surface area contributed by atoms with Crippen LogP contribution in [0.5, 0.6) is 0 Å². The Kier molecular flexibility index (Phi) is 2.33. The fraction of sp³-hybridized carbons (Fsp3) is 0.0625. The molecule has 0 atom stereocenters. The van der Waals surface area contributed by atoms with Gasteiger partial charge in [-0.2, -0.15) is 0 Å². The van der Waals surface area contributed by atoms with Gasteiger partial charge in [-0.3, -0.25) is 4.79 Å². The number of carbonyl (C=O) groups excluding carboxylic acids is 1. The molecule has 0 radical (unpaired) electrons. The molecule has 0 bridgehead atoms. The van der Waals surface area contributed by atoms with Gasteiger partial charge in [0.05, 0.1) is 5.57 Å². The second-order valence-corrected chi connectivity index (χ2v) is 5.05. The number of rotatable bonds is 0. The molecule has 2 heterocycles. The third kappa shape index (κ3) is 1.71. The molecule has 2 aliphatic rings. The number of nitrogens with two attached hydrogens (primary N) is 1. The molecule has 0 aromatic heterocycles. The van der Waals surface area contributed by atoms with Gasteiger partial charge < -0.3 is 15.8 Å². The van der Waals surface area contributed by atoms with E-state index in [1.807, 2.05) is 12.1 Å². The largest absolute Gasteiger partial charge is 0.487 e. The zero-order valence-corrected chi connectivity index (χ0v) is 10.9. The van der Waals surface area contributed by atoms with E-state index in [0.717, 1.165) is 11.1 Å². The van der Waals surface area contributed by atoms with E-state index < -0.39 is 0 Å². The zero-order valence-electron chi connectivity index (χ0n) is 10.9. The van der Waals surface area contributed by atoms with Crippen molar-refractivity contribution in [2.24, 2.45) is 0 Å². The molecule has 0 fully saturated rings. The Balaban J connectivity index is 1.96. The van der Waals surface area contributed by atoms with Crippen LogP contribution in [0.25, 0.3) is 11.3 Å². The molecule has 2 aliphatic heterocycles. The molecule has 2 aromatic rings. The summed E-state index contributed by atoms with van der Waals surface area (Å²) in [4.78, 5) is 12.2. The lowest BCUT2D eigenvalue weighted by Crippen LogP contribution is -2.05. The van der Waals surface area contributed by atoms with Gasteiger partial charge in [0.25, 0.3) is 5.91 Å². The number of nitrogen functional groups attached to an aromatic ring is 1. The van der Waals surface area contributed by atoms with E-state index in [2.05, 4.69) is 5.32 Å². The normalized spacial score (nSPS) is 19.0. The van der Waals surface area contributed by atoms with Gasteiger partial charge in [-0.25, -0.2) is 4.39 Å². The summed E-state index contributed by atoms with van der Waals surface area (Å²) < 4.78 is 19.1. The number of benzene rings is 2. The molecule has 0 saturated heterocycles. The van der Waals surface area contributed by atoms with Crippen LogP contribution in [-0.2, 0) is 16.1 Å². The van der Waals surface area contributed by atoms with E-state index in [-0.39, 0.29) is 11.7 Å². The number of anilines is 2. The summed E-state index contributed by atoms with van der Waals surface area (Å²) in [6, 6.07) is 9.61. The SMILES string of the molecule is Nc1ccc2c(c1)COC2=C1C(=O)Nc2ccc(F)cc21. The average molecular weight is 282 g/mol. The van der Waals surface area contributed by atoms with E-state index in [0.29, 0.717) is 34.9 Å². The molecule has 21 heavy (non-hydrogen) atoms. The van der Waals surface area contributed by atoms with E-state index in [1.54, 1.807) is 12.1 Å². The summed E-state index contributed by atoms with van der Waals surface area (Å²) >= 11 is 0. The predicted molar refractivity (Wildman–Crippen MR) is 77.5 cm³/mol. The van der Waals surface area contributed by atoms with Crippen LogP contribution in [0.2, 0.25) is 0 Å². The molecule has 5 heteroatoms. The van der Waals surface area contributed by atoms with Crippen LogP contribution in [0.3, 0.4) is 0 Å². The molecule has 2 aromatic carbocycles. The number of nitrogens with one attached hydrogen (secondary N) is 1. The first kappa shape index (κ1) is 12.0. The molecule has 3 N–H and O–H groups in total. The van der Waals surface area contributed by atoms with Crippen LogP contribution < -0.4 is 11.1 Å². The highest BCUT2D eigenvalue weighted by Crippen LogP contribution is 2.42. The molecule has 0 saturated carbocycles. The van der Waals surface area contributed by atoms with Crippen molar-refractivity contribution in [3.8, 4) is 0 Å². The highest BCUT2D eigenvalue weighted by Gasteiger charge is 2.32. The third-order valence-corrected chi connectivity index (χ3v) is 3.70. The highest BCUT2D eigenvalue weighted by molar-refractivity contribution is 6.36. The number of ether oxygens (including phenoxy) is 1. The molecular weight excluding hydrogens is 271 g/mol. The number of hydrogen-bond donors (Lipinski definition) is 2. The minimum absolute atomic E-state index is 0.282. The Morgan fingerprint density at radius 3 is 2.86 bits per heavy atom. The summed E-state index contributed by atoms with van der Waals surface area (Å²) in [7, 11) is 0. The average Bonchev–Trinajstić information content (AvgIpc) is 2.98. The maximum absolute atomic E-state index is 13.5. The van der Waals surface area contributed by atoms with Crippen molar-refractivity contribution >= 4 is 28.6 Å². The second-order valence-electron chi connectivity index (χ2n) is 5.05. The molecule has 104 valence electrons. The first-order chi connectivity index (χ1) is 10.1. The summed E-state index contributed by atoms with van der Waals surface area (Å²) in [5.74, 6) is -0.194. The van der Waals surface area contributed by atoms with Crippen molar-refractivity contribution in [2.45, 2.75) is 6.61 Å². The van der Waals surface area contributed by atoms with E-state index in [1.165, 1.54) is 12.1 Å². The summed E-state index contributed by atoms with van der Waals surface area (Å²) in [5, 5.41) is 2.73. The van der Waals surface area contributed by atoms with Gasteiger partial charge >= 0.3 is 0 Å². The van der Waals surface area contributed by atoms with Crippen LogP contribution >= 0.6 is 0 Å². The van der Waals surface area contributed by atoms with Gasteiger partial charge in [-0.05, 0) is 36.4 Å². The maximum atomic E-state index is 13.5. The molecule has 4 nitrogen and oxygen atoms in total. The zero-order chi connectivity index (χ0) is 14.6. The molecule has 0 spiro atoms. The summed E-state index contributed by atoms with van der Waals surface area (Å²) in [6.45, 7) is 0.358. The molecule has 0 unspecified atom stereocenters. The Bertz CT molecular complexity index is 827. The van der Waals surface area contributed by atoms with Crippen LogP contribution in [-0.4, -0.2) is 5.91 Å². The Hall–Kier alpha value is -2.82. The summed E-state index contributed by atoms with van der Waals surface area (Å²) in [5.41, 5.74) is 9.64. The number of fused-ring (bicyclic) bond motifs is 2. The number of hydrogen-bond acceptors (Lipinski definition) is 3. The predicted octanol–water partition coefficient (Wildman–Crippen LogP) is 2.76. The van der Waals surface area contributed by atoms with Gasteiger partial charge in [0.2, 0.25) is 0 Å². The number of carbonyl (C=O) groups is 1. The fourth-order valence-corrected chi connectivity index (χ4v) is 2.75. The first-order valence-corrected chi connectivity index (χ1v) is 6.50. The maximum Gasteiger partial charge on any atom is 0.260 e. The van der Waals surface area contributed by atoms with Crippen LogP contribution in [0.4, 0.5) is 15.8 Å². The first-order valence-electron chi connectivity index (χ1n) is 6.50. The fourth-order valence-electron chi connectivity index (χ4n) is 2.75. The van der Waals surface area contributed by atoms with Crippen LogP contribution in [0.1, 0.15) is 16.7 Å². The van der Waals surface area contributed by atoms with Gasteiger partial charge in [0, 0.05) is 28.1 Å². The molecule has 1 amide bonds. The smallest absolute Gasteiger partial charge is 0.260 e. The highest BCUT2D eigenvalue weighted by atomic mass is 19.1. The van der Waals surface area contributed by atoms with E-state index >= 15 is 0 Å². The van der Waals surface area contributed by atoms with Gasteiger partial charge in [0.1, 0.15) is 18.2 Å². The number of halogens is 1. The standard InChI is InChI=1S/C16H11FN2O2/c17-9-1-4-13-12(6-9)14(16(20)19-13)15-11-3-2-10(18)5-8(11)7-21-15/h1-6H,7,18H2,(H,19,20).